The van der Waals surface area contributed by atoms with Gasteiger partial charge in [0.2, 0.25) is 0 Å². The molecule has 1 aliphatic carbocycles. The third-order valence-electron chi connectivity index (χ3n) is 4.11. The lowest BCUT2D eigenvalue weighted by Gasteiger charge is -2.42. The second-order valence-corrected chi connectivity index (χ2v) is 5.35. The van der Waals surface area contributed by atoms with Gasteiger partial charge in [0.05, 0.1) is 0 Å². The first-order chi connectivity index (χ1) is 8.72. The Kier molecular flexibility index (Phi) is 2.80. The lowest BCUT2D eigenvalue weighted by atomic mass is 9.77. The summed E-state index contributed by atoms with van der Waals surface area (Å²) in [6.07, 6.45) is 6.00. The molecular weight excluding hydrogens is 233 g/mol. The van der Waals surface area contributed by atoms with E-state index in [1.165, 1.54) is 18.6 Å². The molecule has 96 valence electrons. The topological polar surface area (TPSA) is 38.7 Å². The van der Waals surface area contributed by atoms with Crippen molar-refractivity contribution < 1.29 is 9.13 Å². The smallest absolute Gasteiger partial charge is 0.125 e. The van der Waals surface area contributed by atoms with Crippen molar-refractivity contribution in [3.05, 3.63) is 34.5 Å². The molecule has 4 heteroatoms. The second kappa shape index (κ2) is 4.34. The Morgan fingerprint density at radius 3 is 2.78 bits per heavy atom. The summed E-state index contributed by atoms with van der Waals surface area (Å²) in [4.78, 5) is 11.0. The number of fused-ring (bicyclic) bond motifs is 1. The molecule has 1 unspecified atom stereocenters. The van der Waals surface area contributed by atoms with E-state index in [-0.39, 0.29) is 11.4 Å². The van der Waals surface area contributed by atoms with Crippen LogP contribution in [-0.2, 0) is 0 Å². The molecule has 2 aliphatic rings. The highest BCUT2D eigenvalue weighted by atomic mass is 19.1. The van der Waals surface area contributed by atoms with E-state index in [9.17, 15) is 9.30 Å². The van der Waals surface area contributed by atoms with Gasteiger partial charge in [-0.15, -0.1) is 0 Å². The largest absolute Gasteiger partial charge is 0.487 e. The molecule has 18 heavy (non-hydrogen) atoms. The van der Waals surface area contributed by atoms with Gasteiger partial charge in [-0.05, 0) is 43.9 Å². The number of hydrogen-bond acceptors (Lipinski definition) is 3. The van der Waals surface area contributed by atoms with Gasteiger partial charge in [-0.25, -0.2) is 4.39 Å². The van der Waals surface area contributed by atoms with Crippen molar-refractivity contribution in [1.82, 2.24) is 0 Å². The zero-order valence-corrected chi connectivity index (χ0v) is 10.2. The quantitative estimate of drug-likeness (QED) is 0.702. The van der Waals surface area contributed by atoms with Gasteiger partial charge in [0, 0.05) is 12.0 Å². The summed E-state index contributed by atoms with van der Waals surface area (Å²) in [6, 6.07) is 3.90. The highest BCUT2D eigenvalue weighted by Gasteiger charge is 2.42. The second-order valence-electron chi connectivity index (χ2n) is 5.35. The summed E-state index contributed by atoms with van der Waals surface area (Å²) >= 11 is 0. The molecule has 3 nitrogen and oxygen atoms in total. The lowest BCUT2D eigenvalue weighted by molar-refractivity contribution is 0.00188. The van der Waals surface area contributed by atoms with E-state index in [4.69, 9.17) is 4.74 Å². The number of rotatable bonds is 1. The van der Waals surface area contributed by atoms with Crippen molar-refractivity contribution in [2.45, 2.75) is 50.2 Å². The lowest BCUT2D eigenvalue weighted by Crippen LogP contribution is -2.42. The number of halogens is 1. The van der Waals surface area contributed by atoms with E-state index in [1.807, 2.05) is 0 Å². The zero-order chi connectivity index (χ0) is 12.6. The van der Waals surface area contributed by atoms with Crippen LogP contribution in [-0.4, -0.2) is 5.60 Å². The maximum Gasteiger partial charge on any atom is 0.125 e. The molecule has 1 atom stereocenters. The molecule has 1 aliphatic heterocycles. The molecule has 3 rings (SSSR count). The van der Waals surface area contributed by atoms with Crippen molar-refractivity contribution in [2.75, 3.05) is 0 Å². The van der Waals surface area contributed by atoms with Crippen LogP contribution in [0.4, 0.5) is 4.39 Å². The highest BCUT2D eigenvalue weighted by Crippen LogP contribution is 2.47. The first-order valence-corrected chi connectivity index (χ1v) is 6.53. The van der Waals surface area contributed by atoms with Crippen LogP contribution in [0.5, 0.6) is 5.75 Å². The van der Waals surface area contributed by atoms with Crippen LogP contribution in [0.1, 0.15) is 50.1 Å². The fourth-order valence-corrected chi connectivity index (χ4v) is 3.21. The van der Waals surface area contributed by atoms with Gasteiger partial charge in [0.15, 0.2) is 0 Å². The normalized spacial score (nSPS) is 25.3. The average molecular weight is 249 g/mol. The number of nitroso groups, excluding NO2 is 1. The predicted molar refractivity (Wildman–Crippen MR) is 66.0 cm³/mol. The summed E-state index contributed by atoms with van der Waals surface area (Å²) in [5.41, 5.74) is 0.350. The Hall–Kier alpha value is -1.45. The Labute approximate surface area is 105 Å². The summed E-state index contributed by atoms with van der Waals surface area (Å²) < 4.78 is 19.3. The van der Waals surface area contributed by atoms with Gasteiger partial charge in [-0.3, -0.25) is 0 Å². The molecule has 0 N–H and O–H groups in total. The van der Waals surface area contributed by atoms with Crippen LogP contribution in [0.2, 0.25) is 0 Å². The van der Waals surface area contributed by atoms with Gasteiger partial charge in [-0.1, -0.05) is 11.6 Å². The predicted octanol–water partition coefficient (Wildman–Crippen LogP) is 4.12. The van der Waals surface area contributed by atoms with Crippen LogP contribution in [0.3, 0.4) is 0 Å². The molecule has 1 heterocycles. The average Bonchev–Trinajstić information content (AvgIpc) is 2.39. The fraction of sp³-hybridized carbons (Fsp3) is 0.571. The Morgan fingerprint density at radius 2 is 2.06 bits per heavy atom. The van der Waals surface area contributed by atoms with Crippen molar-refractivity contribution in [3.8, 4) is 5.75 Å². The van der Waals surface area contributed by atoms with E-state index < -0.39 is 6.04 Å². The van der Waals surface area contributed by atoms with Crippen LogP contribution in [0, 0.1) is 10.7 Å². The molecule has 0 aromatic heterocycles. The molecule has 1 aromatic rings. The maximum absolute atomic E-state index is 13.2. The maximum atomic E-state index is 13.2. The number of benzene rings is 1. The monoisotopic (exact) mass is 249 g/mol. The van der Waals surface area contributed by atoms with Gasteiger partial charge in [0.1, 0.15) is 23.2 Å². The van der Waals surface area contributed by atoms with Crippen molar-refractivity contribution >= 4 is 0 Å². The first kappa shape index (κ1) is 11.6. The molecule has 1 fully saturated rings. The summed E-state index contributed by atoms with van der Waals surface area (Å²) in [6.45, 7) is 0. The van der Waals surface area contributed by atoms with Gasteiger partial charge < -0.3 is 4.74 Å². The van der Waals surface area contributed by atoms with Crippen molar-refractivity contribution in [1.29, 1.82) is 0 Å². The van der Waals surface area contributed by atoms with Gasteiger partial charge in [0.25, 0.3) is 0 Å². The molecule has 0 saturated heterocycles. The van der Waals surface area contributed by atoms with Crippen molar-refractivity contribution in [2.24, 2.45) is 5.18 Å². The number of hydrogen-bond donors (Lipinski definition) is 0. The molecule has 1 saturated carbocycles. The zero-order valence-electron chi connectivity index (χ0n) is 10.2. The van der Waals surface area contributed by atoms with E-state index in [0.29, 0.717) is 17.7 Å². The van der Waals surface area contributed by atoms with E-state index in [2.05, 4.69) is 5.18 Å². The Balaban J connectivity index is 1.98. The van der Waals surface area contributed by atoms with Gasteiger partial charge >= 0.3 is 0 Å². The van der Waals surface area contributed by atoms with Crippen LogP contribution in [0.25, 0.3) is 0 Å². The summed E-state index contributed by atoms with van der Waals surface area (Å²) in [5, 5.41) is 3.18. The molecule has 0 amide bonds. The SMILES string of the molecule is O=NC1CC2(CCCCC2)Oc2ccc(F)cc21. The van der Waals surface area contributed by atoms with Gasteiger partial charge in [-0.2, -0.15) is 4.91 Å². The van der Waals surface area contributed by atoms with E-state index >= 15 is 0 Å². The Bertz CT molecular complexity index is 469. The van der Waals surface area contributed by atoms with Crippen molar-refractivity contribution in [3.63, 3.8) is 0 Å². The number of nitrogens with zero attached hydrogens (tertiary/aromatic N) is 1. The van der Waals surface area contributed by atoms with E-state index in [1.54, 1.807) is 6.07 Å². The van der Waals surface area contributed by atoms with Crippen LogP contribution in [0.15, 0.2) is 23.4 Å². The molecule has 0 bridgehead atoms. The minimum absolute atomic E-state index is 0.248. The molecule has 0 radical (unpaired) electrons. The molecule has 1 spiro atoms. The minimum Gasteiger partial charge on any atom is -0.487 e. The van der Waals surface area contributed by atoms with E-state index in [0.717, 1.165) is 25.7 Å². The standard InChI is InChI=1S/C14H16FNO2/c15-10-4-5-13-11(8-10)12(16-17)9-14(18-13)6-2-1-3-7-14/h4-5,8,12H,1-3,6-7,9H2. The molecule has 1 aromatic carbocycles. The minimum atomic E-state index is -0.470. The highest BCUT2D eigenvalue weighted by molar-refractivity contribution is 5.39. The Morgan fingerprint density at radius 1 is 1.28 bits per heavy atom. The summed E-state index contributed by atoms with van der Waals surface area (Å²) in [7, 11) is 0. The molecular formula is C14H16FNO2. The van der Waals surface area contributed by atoms with Crippen LogP contribution < -0.4 is 4.74 Å². The third kappa shape index (κ3) is 1.89. The van der Waals surface area contributed by atoms with Crippen LogP contribution >= 0.6 is 0 Å². The number of ether oxygens (including phenoxy) is 1. The fourth-order valence-electron chi connectivity index (χ4n) is 3.21. The third-order valence-corrected chi connectivity index (χ3v) is 4.11. The first-order valence-electron chi connectivity index (χ1n) is 6.53. The summed E-state index contributed by atoms with van der Waals surface area (Å²) in [5.74, 6) is 0.291.